The van der Waals surface area contributed by atoms with E-state index in [-0.39, 0.29) is 11.6 Å². The van der Waals surface area contributed by atoms with Gasteiger partial charge in [-0.3, -0.25) is 9.69 Å². The zero-order valence-electron chi connectivity index (χ0n) is 16.1. The van der Waals surface area contributed by atoms with E-state index in [1.54, 1.807) is 0 Å². The Kier molecular flexibility index (Phi) is 4.16. The van der Waals surface area contributed by atoms with E-state index < -0.39 is 0 Å². The fourth-order valence-electron chi connectivity index (χ4n) is 4.37. The van der Waals surface area contributed by atoms with E-state index in [4.69, 9.17) is 9.47 Å². The summed E-state index contributed by atoms with van der Waals surface area (Å²) in [6.07, 6.45) is 1.74. The molecule has 0 saturated carbocycles. The summed E-state index contributed by atoms with van der Waals surface area (Å²) in [6.45, 7) is 5.98. The van der Waals surface area contributed by atoms with Gasteiger partial charge in [0, 0.05) is 32.5 Å². The Morgan fingerprint density at radius 2 is 1.82 bits per heavy atom. The van der Waals surface area contributed by atoms with Crippen molar-refractivity contribution in [3.8, 4) is 11.5 Å². The number of carbonyl (C=O) groups is 1. The summed E-state index contributed by atoms with van der Waals surface area (Å²) >= 11 is 0. The van der Waals surface area contributed by atoms with Crippen molar-refractivity contribution in [1.29, 1.82) is 0 Å². The van der Waals surface area contributed by atoms with Crippen LogP contribution in [0.4, 0.5) is 5.69 Å². The summed E-state index contributed by atoms with van der Waals surface area (Å²) in [5, 5.41) is 6.87. The van der Waals surface area contributed by atoms with E-state index in [0.29, 0.717) is 13.2 Å². The van der Waals surface area contributed by atoms with Gasteiger partial charge in [-0.2, -0.15) is 0 Å². The summed E-state index contributed by atoms with van der Waals surface area (Å²) in [5.41, 5.74) is 3.71. The number of fused-ring (bicyclic) bond motifs is 2. The predicted octanol–water partition coefficient (Wildman–Crippen LogP) is 2.91. The molecule has 2 aromatic carbocycles. The molecule has 0 atom stereocenters. The second-order valence-corrected chi connectivity index (χ2v) is 7.91. The van der Waals surface area contributed by atoms with Crippen LogP contribution in [0.2, 0.25) is 0 Å². The molecule has 3 aliphatic heterocycles. The molecule has 3 heterocycles. The molecule has 6 nitrogen and oxygen atoms in total. The Morgan fingerprint density at radius 3 is 2.64 bits per heavy atom. The number of benzene rings is 2. The molecule has 0 aliphatic carbocycles. The molecule has 1 fully saturated rings. The van der Waals surface area contributed by atoms with E-state index in [1.807, 2.05) is 18.2 Å². The van der Waals surface area contributed by atoms with Gasteiger partial charge in [-0.25, -0.2) is 0 Å². The fourth-order valence-corrected chi connectivity index (χ4v) is 4.37. The second-order valence-electron chi connectivity index (χ2n) is 7.91. The number of aryl methyl sites for hydroxylation is 1. The molecule has 0 bridgehead atoms. The summed E-state index contributed by atoms with van der Waals surface area (Å²) in [5.74, 6) is 1.69. The van der Waals surface area contributed by atoms with Gasteiger partial charge in [0.05, 0.1) is 11.3 Å². The summed E-state index contributed by atoms with van der Waals surface area (Å²) in [7, 11) is 0. The van der Waals surface area contributed by atoms with Gasteiger partial charge in [0.2, 0.25) is 0 Å². The lowest BCUT2D eigenvalue weighted by Crippen LogP contribution is -2.62. The summed E-state index contributed by atoms with van der Waals surface area (Å²) < 4.78 is 11.3. The quantitative estimate of drug-likeness (QED) is 0.840. The lowest BCUT2D eigenvalue weighted by atomic mass is 9.91. The molecule has 2 aromatic rings. The van der Waals surface area contributed by atoms with Crippen LogP contribution in [0.3, 0.4) is 0 Å². The lowest BCUT2D eigenvalue weighted by molar-refractivity contribution is 0.0822. The Hall–Kier alpha value is -2.73. The highest BCUT2D eigenvalue weighted by Crippen LogP contribution is 2.35. The van der Waals surface area contributed by atoms with Crippen LogP contribution < -0.4 is 20.1 Å². The van der Waals surface area contributed by atoms with Gasteiger partial charge in [-0.1, -0.05) is 18.2 Å². The van der Waals surface area contributed by atoms with Gasteiger partial charge in [0.1, 0.15) is 18.9 Å². The van der Waals surface area contributed by atoms with Gasteiger partial charge in [0.15, 0.2) is 11.5 Å². The molecule has 6 heteroatoms. The maximum atomic E-state index is 12.6. The minimum atomic E-state index is -0.348. The highest BCUT2D eigenvalue weighted by Gasteiger charge is 2.40. The summed E-state index contributed by atoms with van der Waals surface area (Å²) in [4.78, 5) is 15.1. The molecule has 3 aliphatic rings. The van der Waals surface area contributed by atoms with E-state index >= 15 is 0 Å². The van der Waals surface area contributed by atoms with Crippen LogP contribution in [0.25, 0.3) is 0 Å². The average molecular weight is 379 g/mol. The normalized spacial score (nSPS) is 20.2. The first-order chi connectivity index (χ1) is 13.6. The van der Waals surface area contributed by atoms with Crippen LogP contribution in [-0.4, -0.2) is 42.8 Å². The molecule has 146 valence electrons. The largest absolute Gasteiger partial charge is 0.486 e. The predicted molar refractivity (Wildman–Crippen MR) is 107 cm³/mol. The van der Waals surface area contributed by atoms with Crippen molar-refractivity contribution in [2.75, 3.05) is 31.6 Å². The molecular weight excluding hydrogens is 354 g/mol. The topological polar surface area (TPSA) is 62.8 Å². The van der Waals surface area contributed by atoms with Crippen molar-refractivity contribution in [2.24, 2.45) is 0 Å². The molecule has 0 aromatic heterocycles. The van der Waals surface area contributed by atoms with Crippen LogP contribution in [-0.2, 0) is 6.54 Å². The molecule has 28 heavy (non-hydrogen) atoms. The number of para-hydroxylation sites is 1. The number of ether oxygens (including phenoxy) is 2. The van der Waals surface area contributed by atoms with Gasteiger partial charge in [-0.15, -0.1) is 0 Å². The Balaban J connectivity index is 1.27. The monoisotopic (exact) mass is 379 g/mol. The van der Waals surface area contributed by atoms with Gasteiger partial charge in [0.25, 0.3) is 5.91 Å². The Bertz CT molecular complexity index is 919. The van der Waals surface area contributed by atoms with Crippen molar-refractivity contribution >= 4 is 11.6 Å². The molecule has 1 amide bonds. The van der Waals surface area contributed by atoms with Crippen molar-refractivity contribution in [2.45, 2.75) is 32.0 Å². The van der Waals surface area contributed by atoms with Crippen LogP contribution in [0.15, 0.2) is 36.4 Å². The molecular formula is C22H25N3O3. The first-order valence-corrected chi connectivity index (χ1v) is 9.93. The third kappa shape index (κ3) is 3.07. The lowest BCUT2D eigenvalue weighted by Gasteiger charge is -2.46. The molecule has 1 saturated heterocycles. The number of anilines is 1. The number of nitrogens with one attached hydrogen (secondary N) is 2. The highest BCUT2D eigenvalue weighted by atomic mass is 16.6. The molecule has 1 spiro atoms. The van der Waals surface area contributed by atoms with E-state index in [2.05, 4.69) is 40.7 Å². The van der Waals surface area contributed by atoms with Crippen LogP contribution >= 0.6 is 0 Å². The number of hydrogen-bond donors (Lipinski definition) is 2. The summed E-state index contributed by atoms with van der Waals surface area (Å²) in [6, 6.07) is 12.1. The molecule has 0 radical (unpaired) electrons. The van der Waals surface area contributed by atoms with E-state index in [1.165, 1.54) is 5.56 Å². The second kappa shape index (κ2) is 6.71. The zero-order chi connectivity index (χ0) is 19.1. The number of carbonyl (C=O) groups excluding carboxylic acids is 1. The van der Waals surface area contributed by atoms with Gasteiger partial charge < -0.3 is 20.1 Å². The standard InChI is InChI=1S/C22H25N3O3/c1-15-3-2-4-17-20(15)23-22(24-21(17)26)7-9-25(10-8-22)14-16-5-6-18-19(13-16)28-12-11-27-18/h2-6,13,23H,7-12,14H2,1H3,(H,24,26). The van der Waals surface area contributed by atoms with Crippen LogP contribution in [0.1, 0.15) is 34.3 Å². The van der Waals surface area contributed by atoms with Gasteiger partial charge >= 0.3 is 0 Å². The number of piperidine rings is 1. The third-order valence-corrected chi connectivity index (χ3v) is 5.96. The number of rotatable bonds is 2. The minimum absolute atomic E-state index is 0.0257. The number of nitrogens with zero attached hydrogens (tertiary/aromatic N) is 1. The fraction of sp³-hybridized carbons (Fsp3) is 0.409. The smallest absolute Gasteiger partial charge is 0.255 e. The van der Waals surface area contributed by atoms with Crippen molar-refractivity contribution in [3.05, 3.63) is 53.1 Å². The first kappa shape index (κ1) is 17.4. The van der Waals surface area contributed by atoms with Crippen molar-refractivity contribution in [3.63, 3.8) is 0 Å². The number of likely N-dealkylation sites (tertiary alicyclic amines) is 1. The minimum Gasteiger partial charge on any atom is -0.486 e. The molecule has 0 unspecified atom stereocenters. The van der Waals surface area contributed by atoms with Crippen molar-refractivity contribution in [1.82, 2.24) is 10.2 Å². The van der Waals surface area contributed by atoms with E-state index in [0.717, 1.165) is 60.8 Å². The number of hydrogen-bond acceptors (Lipinski definition) is 5. The maximum absolute atomic E-state index is 12.6. The van der Waals surface area contributed by atoms with Gasteiger partial charge in [-0.05, 0) is 36.2 Å². The SMILES string of the molecule is Cc1cccc2c1NC1(CCN(Cc3ccc4c(c3)OCCO4)CC1)NC2=O. The Labute approximate surface area is 164 Å². The number of amides is 1. The highest BCUT2D eigenvalue weighted by molar-refractivity contribution is 6.02. The molecule has 2 N–H and O–H groups in total. The first-order valence-electron chi connectivity index (χ1n) is 9.93. The maximum Gasteiger partial charge on any atom is 0.255 e. The third-order valence-electron chi connectivity index (χ3n) is 5.96. The van der Waals surface area contributed by atoms with E-state index in [9.17, 15) is 4.79 Å². The molecule has 5 rings (SSSR count). The Morgan fingerprint density at radius 1 is 1.04 bits per heavy atom. The van der Waals surface area contributed by atoms with Crippen LogP contribution in [0.5, 0.6) is 11.5 Å². The van der Waals surface area contributed by atoms with Crippen LogP contribution in [0, 0.1) is 6.92 Å². The van der Waals surface area contributed by atoms with Crippen molar-refractivity contribution < 1.29 is 14.3 Å². The average Bonchev–Trinajstić information content (AvgIpc) is 2.71. The zero-order valence-corrected chi connectivity index (χ0v) is 16.1.